The lowest BCUT2D eigenvalue weighted by atomic mass is 10.0. The van der Waals surface area contributed by atoms with Gasteiger partial charge < -0.3 is 15.2 Å². The average Bonchev–Trinajstić information content (AvgIpc) is 2.64. The van der Waals surface area contributed by atoms with Gasteiger partial charge in [-0.2, -0.15) is 0 Å². The van der Waals surface area contributed by atoms with Crippen LogP contribution in [0.25, 0.3) is 0 Å². The molecular formula is C12H25NO2. The normalized spacial score (nSPS) is 19.6. The fourth-order valence-electron chi connectivity index (χ4n) is 2.08. The molecule has 90 valence electrons. The summed E-state index contributed by atoms with van der Waals surface area (Å²) < 4.78 is 5.38. The Hall–Kier alpha value is -0.120. The Morgan fingerprint density at radius 1 is 1.27 bits per heavy atom. The van der Waals surface area contributed by atoms with Crippen molar-refractivity contribution in [3.05, 3.63) is 0 Å². The monoisotopic (exact) mass is 215 g/mol. The van der Waals surface area contributed by atoms with Crippen LogP contribution in [0.3, 0.4) is 0 Å². The van der Waals surface area contributed by atoms with Crippen LogP contribution in [0.15, 0.2) is 0 Å². The summed E-state index contributed by atoms with van der Waals surface area (Å²) in [5, 5.41) is 13.4. The van der Waals surface area contributed by atoms with Gasteiger partial charge in [-0.15, -0.1) is 0 Å². The van der Waals surface area contributed by atoms with Crippen molar-refractivity contribution >= 4 is 0 Å². The fraction of sp³-hybridized carbons (Fsp3) is 1.00. The maximum Gasteiger partial charge on any atom is 0.0771 e. The van der Waals surface area contributed by atoms with Crippen molar-refractivity contribution in [2.75, 3.05) is 26.3 Å². The zero-order valence-electron chi connectivity index (χ0n) is 9.93. The largest absolute Gasteiger partial charge is 0.389 e. The number of rotatable bonds is 8. The quantitative estimate of drug-likeness (QED) is 0.606. The van der Waals surface area contributed by atoms with Crippen molar-refractivity contribution in [3.8, 4) is 0 Å². The van der Waals surface area contributed by atoms with Crippen LogP contribution in [0.5, 0.6) is 0 Å². The molecule has 0 saturated heterocycles. The summed E-state index contributed by atoms with van der Waals surface area (Å²) >= 11 is 0. The van der Waals surface area contributed by atoms with Crippen LogP contribution in [-0.4, -0.2) is 37.0 Å². The van der Waals surface area contributed by atoms with Gasteiger partial charge in [0.05, 0.1) is 5.60 Å². The van der Waals surface area contributed by atoms with E-state index >= 15 is 0 Å². The SMILES string of the molecule is CCCOCCCNCC1(O)CCCC1. The number of nitrogens with one attached hydrogen (secondary N) is 1. The molecule has 0 radical (unpaired) electrons. The van der Waals surface area contributed by atoms with E-state index in [0.29, 0.717) is 0 Å². The predicted octanol–water partition coefficient (Wildman–Crippen LogP) is 1.70. The van der Waals surface area contributed by atoms with Gasteiger partial charge in [0.2, 0.25) is 0 Å². The Kier molecular flexibility index (Phi) is 6.22. The molecule has 1 fully saturated rings. The molecule has 0 aromatic carbocycles. The molecular weight excluding hydrogens is 190 g/mol. The van der Waals surface area contributed by atoms with E-state index in [9.17, 15) is 5.11 Å². The Morgan fingerprint density at radius 3 is 2.67 bits per heavy atom. The van der Waals surface area contributed by atoms with Crippen LogP contribution < -0.4 is 5.32 Å². The summed E-state index contributed by atoms with van der Waals surface area (Å²) in [5.74, 6) is 0. The van der Waals surface area contributed by atoms with E-state index < -0.39 is 5.60 Å². The highest BCUT2D eigenvalue weighted by Gasteiger charge is 2.30. The van der Waals surface area contributed by atoms with Crippen LogP contribution in [0.1, 0.15) is 45.4 Å². The first-order valence-corrected chi connectivity index (χ1v) is 6.28. The van der Waals surface area contributed by atoms with Crippen molar-refractivity contribution < 1.29 is 9.84 Å². The predicted molar refractivity (Wildman–Crippen MR) is 62.0 cm³/mol. The first-order valence-electron chi connectivity index (χ1n) is 6.28. The second kappa shape index (κ2) is 7.20. The molecule has 1 saturated carbocycles. The number of aliphatic hydroxyl groups is 1. The summed E-state index contributed by atoms with van der Waals surface area (Å²) in [6.07, 6.45) is 6.41. The van der Waals surface area contributed by atoms with Gasteiger partial charge in [0.25, 0.3) is 0 Å². The Balaban J connectivity index is 1.88. The van der Waals surface area contributed by atoms with Gasteiger partial charge in [-0.05, 0) is 32.2 Å². The van der Waals surface area contributed by atoms with Crippen LogP contribution in [0, 0.1) is 0 Å². The summed E-state index contributed by atoms with van der Waals surface area (Å²) in [7, 11) is 0. The minimum absolute atomic E-state index is 0.412. The molecule has 1 aliphatic carbocycles. The van der Waals surface area contributed by atoms with Crippen molar-refractivity contribution in [2.45, 2.75) is 51.0 Å². The maximum absolute atomic E-state index is 10.0. The molecule has 1 rings (SSSR count). The third-order valence-corrected chi connectivity index (χ3v) is 2.98. The van der Waals surface area contributed by atoms with Crippen LogP contribution in [-0.2, 0) is 4.74 Å². The van der Waals surface area contributed by atoms with E-state index in [-0.39, 0.29) is 0 Å². The molecule has 0 spiro atoms. The minimum Gasteiger partial charge on any atom is -0.389 e. The third-order valence-electron chi connectivity index (χ3n) is 2.98. The molecule has 0 bridgehead atoms. The molecule has 0 amide bonds. The molecule has 0 aliphatic heterocycles. The van der Waals surface area contributed by atoms with Crippen molar-refractivity contribution in [3.63, 3.8) is 0 Å². The van der Waals surface area contributed by atoms with Crippen molar-refractivity contribution in [2.24, 2.45) is 0 Å². The molecule has 0 heterocycles. The maximum atomic E-state index is 10.0. The zero-order valence-corrected chi connectivity index (χ0v) is 9.93. The molecule has 0 unspecified atom stereocenters. The Bertz CT molecular complexity index is 156. The van der Waals surface area contributed by atoms with Crippen LogP contribution in [0.2, 0.25) is 0 Å². The highest BCUT2D eigenvalue weighted by atomic mass is 16.5. The summed E-state index contributed by atoms with van der Waals surface area (Å²) in [6, 6.07) is 0. The van der Waals surface area contributed by atoms with E-state index in [1.807, 2.05) is 0 Å². The molecule has 15 heavy (non-hydrogen) atoms. The number of hydrogen-bond donors (Lipinski definition) is 2. The first kappa shape index (κ1) is 12.9. The fourth-order valence-corrected chi connectivity index (χ4v) is 2.08. The average molecular weight is 215 g/mol. The Labute approximate surface area is 93.2 Å². The molecule has 1 aliphatic rings. The summed E-state index contributed by atoms with van der Waals surface area (Å²) in [6.45, 7) is 5.52. The van der Waals surface area contributed by atoms with Gasteiger partial charge in [0.15, 0.2) is 0 Å². The van der Waals surface area contributed by atoms with Gasteiger partial charge in [-0.3, -0.25) is 0 Å². The topological polar surface area (TPSA) is 41.5 Å². The Morgan fingerprint density at radius 2 is 2.00 bits per heavy atom. The van der Waals surface area contributed by atoms with Crippen molar-refractivity contribution in [1.29, 1.82) is 0 Å². The molecule has 3 nitrogen and oxygen atoms in total. The van der Waals surface area contributed by atoms with E-state index in [1.54, 1.807) is 0 Å². The van der Waals surface area contributed by atoms with Gasteiger partial charge in [-0.1, -0.05) is 19.8 Å². The smallest absolute Gasteiger partial charge is 0.0771 e. The summed E-state index contributed by atoms with van der Waals surface area (Å²) in [5.41, 5.74) is -0.412. The third kappa shape index (κ3) is 5.50. The van der Waals surface area contributed by atoms with Crippen LogP contribution >= 0.6 is 0 Å². The summed E-state index contributed by atoms with van der Waals surface area (Å²) in [4.78, 5) is 0. The lowest BCUT2D eigenvalue weighted by Gasteiger charge is -2.22. The van der Waals surface area contributed by atoms with E-state index in [1.165, 1.54) is 12.8 Å². The zero-order chi connectivity index (χ0) is 11.0. The lowest BCUT2D eigenvalue weighted by Crippen LogP contribution is -2.38. The van der Waals surface area contributed by atoms with Gasteiger partial charge >= 0.3 is 0 Å². The highest BCUT2D eigenvalue weighted by molar-refractivity contribution is 4.85. The first-order chi connectivity index (χ1) is 7.27. The van der Waals surface area contributed by atoms with Crippen LogP contribution in [0.4, 0.5) is 0 Å². The lowest BCUT2D eigenvalue weighted by molar-refractivity contribution is 0.0469. The van der Waals surface area contributed by atoms with Gasteiger partial charge in [-0.25, -0.2) is 0 Å². The molecule has 0 aromatic heterocycles. The van der Waals surface area contributed by atoms with E-state index in [2.05, 4.69) is 12.2 Å². The standard InChI is InChI=1S/C12H25NO2/c1-2-9-15-10-5-8-13-11-12(14)6-3-4-7-12/h13-14H,2-11H2,1H3. The highest BCUT2D eigenvalue weighted by Crippen LogP contribution is 2.28. The number of ether oxygens (including phenoxy) is 1. The van der Waals surface area contributed by atoms with E-state index in [4.69, 9.17) is 4.74 Å². The van der Waals surface area contributed by atoms with Gasteiger partial charge in [0.1, 0.15) is 0 Å². The molecule has 2 N–H and O–H groups in total. The second-order valence-electron chi connectivity index (χ2n) is 4.57. The second-order valence-corrected chi connectivity index (χ2v) is 4.57. The number of hydrogen-bond acceptors (Lipinski definition) is 3. The van der Waals surface area contributed by atoms with E-state index in [0.717, 1.165) is 52.0 Å². The molecule has 3 heteroatoms. The molecule has 0 atom stereocenters. The van der Waals surface area contributed by atoms with Crippen molar-refractivity contribution in [1.82, 2.24) is 5.32 Å². The van der Waals surface area contributed by atoms with Gasteiger partial charge in [0, 0.05) is 19.8 Å². The molecule has 0 aromatic rings. The minimum atomic E-state index is -0.412.